The number of nitrogens with zero attached hydrogens (tertiary/aromatic N) is 1. The first-order chi connectivity index (χ1) is 9.65. The van der Waals surface area contributed by atoms with Gasteiger partial charge < -0.3 is 4.90 Å². The molecular weight excluding hydrogens is 289 g/mol. The van der Waals surface area contributed by atoms with E-state index in [0.29, 0.717) is 12.0 Å². The van der Waals surface area contributed by atoms with Crippen LogP contribution < -0.4 is 0 Å². The highest BCUT2D eigenvalue weighted by Crippen LogP contribution is 2.39. The number of hydrogen-bond donors (Lipinski definition) is 0. The highest BCUT2D eigenvalue weighted by molar-refractivity contribution is 6.30. The van der Waals surface area contributed by atoms with Crippen LogP contribution in [-0.2, 0) is 0 Å². The molecule has 0 radical (unpaired) electrons. The van der Waals surface area contributed by atoms with Gasteiger partial charge in [-0.2, -0.15) is 0 Å². The third-order valence-corrected chi connectivity index (χ3v) is 5.38. The monoisotopic (exact) mass is 309 g/mol. The van der Waals surface area contributed by atoms with Crippen LogP contribution in [0.3, 0.4) is 0 Å². The second kappa shape index (κ2) is 5.99. The summed E-state index contributed by atoms with van der Waals surface area (Å²) < 4.78 is 0. The van der Waals surface area contributed by atoms with E-state index in [-0.39, 0.29) is 0 Å². The molecule has 0 aromatic heterocycles. The fourth-order valence-corrected chi connectivity index (χ4v) is 3.81. The molecule has 0 bridgehead atoms. The predicted molar refractivity (Wildman–Crippen MR) is 86.8 cm³/mol. The van der Waals surface area contributed by atoms with Gasteiger partial charge in [0, 0.05) is 22.3 Å². The molecule has 2 unspecified atom stereocenters. The lowest BCUT2D eigenvalue weighted by atomic mass is 9.79. The van der Waals surface area contributed by atoms with Crippen molar-refractivity contribution in [2.45, 2.75) is 45.1 Å². The van der Waals surface area contributed by atoms with E-state index in [1.54, 1.807) is 5.57 Å². The predicted octanol–water partition coefficient (Wildman–Crippen LogP) is 5.34. The molecule has 0 saturated heterocycles. The smallest absolute Gasteiger partial charge is 0.0537 e. The van der Waals surface area contributed by atoms with Gasteiger partial charge in [-0.05, 0) is 62.7 Å². The summed E-state index contributed by atoms with van der Waals surface area (Å²) in [7, 11) is 0. The van der Waals surface area contributed by atoms with Crippen LogP contribution in [0.25, 0.3) is 0 Å². The first-order valence-corrected chi connectivity index (χ1v) is 8.24. The molecule has 1 nitrogen and oxygen atoms in total. The van der Waals surface area contributed by atoms with Gasteiger partial charge in [-0.15, -0.1) is 0 Å². The lowest BCUT2D eigenvalue weighted by Gasteiger charge is -2.45. The molecule has 2 atom stereocenters. The van der Waals surface area contributed by atoms with Crippen LogP contribution >= 0.6 is 23.2 Å². The van der Waals surface area contributed by atoms with E-state index in [9.17, 15) is 0 Å². The fraction of sp³-hybridized carbons (Fsp3) is 0.529. The third-order valence-electron chi connectivity index (χ3n) is 4.73. The molecule has 3 aliphatic rings. The van der Waals surface area contributed by atoms with Gasteiger partial charge in [0.25, 0.3) is 0 Å². The molecule has 2 aliphatic carbocycles. The molecule has 0 fully saturated rings. The summed E-state index contributed by atoms with van der Waals surface area (Å²) in [5.74, 6) is 0.678. The average molecular weight is 310 g/mol. The molecule has 108 valence electrons. The molecule has 3 rings (SSSR count). The third kappa shape index (κ3) is 2.84. The minimum absolute atomic E-state index is 0.530. The van der Waals surface area contributed by atoms with Crippen LogP contribution in [0.5, 0.6) is 0 Å². The summed E-state index contributed by atoms with van der Waals surface area (Å²) in [5, 5.41) is 2.02. The first kappa shape index (κ1) is 14.3. The van der Waals surface area contributed by atoms with Crippen LogP contribution in [0, 0.1) is 5.92 Å². The number of rotatable bonds is 3. The second-order valence-electron chi connectivity index (χ2n) is 5.98. The zero-order valence-corrected chi connectivity index (χ0v) is 13.4. The van der Waals surface area contributed by atoms with Gasteiger partial charge in [0.05, 0.1) is 6.04 Å². The van der Waals surface area contributed by atoms with Crippen molar-refractivity contribution in [3.63, 3.8) is 0 Å². The standard InChI is InChI=1S/C17H21Cl2N/c1-12-10-11-20(12)17(13-2-6-15(18)7-3-13)14-4-8-16(19)9-5-14/h2,6,8,10,14,17H,3-5,7,9,11H2,1H3. The quantitative estimate of drug-likeness (QED) is 0.680. The van der Waals surface area contributed by atoms with Crippen LogP contribution in [0.2, 0.25) is 0 Å². The zero-order chi connectivity index (χ0) is 14.1. The molecule has 0 aromatic carbocycles. The summed E-state index contributed by atoms with van der Waals surface area (Å²) in [6.07, 6.45) is 14.3. The zero-order valence-electron chi connectivity index (χ0n) is 11.9. The maximum Gasteiger partial charge on any atom is 0.0537 e. The molecule has 0 N–H and O–H groups in total. The van der Waals surface area contributed by atoms with E-state index in [1.807, 2.05) is 0 Å². The number of hydrogen-bond acceptors (Lipinski definition) is 1. The topological polar surface area (TPSA) is 3.24 Å². The van der Waals surface area contributed by atoms with Crippen molar-refractivity contribution in [2.24, 2.45) is 5.92 Å². The summed E-state index contributed by atoms with van der Waals surface area (Å²) in [6.45, 7) is 3.30. The number of allylic oxidation sites excluding steroid dienone is 6. The van der Waals surface area contributed by atoms with Gasteiger partial charge in [-0.3, -0.25) is 0 Å². The molecule has 0 saturated carbocycles. The molecule has 20 heavy (non-hydrogen) atoms. The first-order valence-electron chi connectivity index (χ1n) is 7.48. The van der Waals surface area contributed by atoms with Gasteiger partial charge in [-0.1, -0.05) is 35.4 Å². The Bertz CT molecular complexity index is 513. The lowest BCUT2D eigenvalue weighted by Crippen LogP contribution is -2.45. The van der Waals surface area contributed by atoms with Gasteiger partial charge in [0.2, 0.25) is 0 Å². The van der Waals surface area contributed by atoms with Crippen molar-refractivity contribution in [2.75, 3.05) is 6.54 Å². The SMILES string of the molecule is CC1=CCN1C(C1=CC=C(Cl)CC1)C1CC=C(Cl)CC1. The van der Waals surface area contributed by atoms with E-state index >= 15 is 0 Å². The Morgan fingerprint density at radius 2 is 1.95 bits per heavy atom. The van der Waals surface area contributed by atoms with Crippen molar-refractivity contribution in [3.8, 4) is 0 Å². The highest BCUT2D eigenvalue weighted by atomic mass is 35.5. The van der Waals surface area contributed by atoms with E-state index in [0.717, 1.165) is 42.3 Å². The average Bonchev–Trinajstić information content (AvgIpc) is 2.45. The van der Waals surface area contributed by atoms with Gasteiger partial charge in [0.15, 0.2) is 0 Å². The van der Waals surface area contributed by atoms with E-state index in [4.69, 9.17) is 23.2 Å². The Morgan fingerprint density at radius 1 is 1.10 bits per heavy atom. The van der Waals surface area contributed by atoms with Gasteiger partial charge in [0.1, 0.15) is 0 Å². The van der Waals surface area contributed by atoms with Crippen molar-refractivity contribution in [1.29, 1.82) is 0 Å². The minimum Gasteiger partial charge on any atom is -0.364 e. The normalized spacial score (nSPS) is 27.9. The maximum absolute atomic E-state index is 6.14. The summed E-state index contributed by atoms with van der Waals surface area (Å²) in [5.41, 5.74) is 2.95. The van der Waals surface area contributed by atoms with Crippen molar-refractivity contribution in [1.82, 2.24) is 4.90 Å². The van der Waals surface area contributed by atoms with E-state index in [2.05, 4.69) is 36.1 Å². The van der Waals surface area contributed by atoms with Crippen LogP contribution in [0.15, 0.2) is 45.6 Å². The van der Waals surface area contributed by atoms with Gasteiger partial charge >= 0.3 is 0 Å². The highest BCUT2D eigenvalue weighted by Gasteiger charge is 2.34. The Morgan fingerprint density at radius 3 is 2.45 bits per heavy atom. The minimum atomic E-state index is 0.530. The van der Waals surface area contributed by atoms with Crippen LogP contribution in [0.4, 0.5) is 0 Å². The molecule has 1 aliphatic heterocycles. The van der Waals surface area contributed by atoms with E-state index in [1.165, 1.54) is 12.1 Å². The Kier molecular flexibility index (Phi) is 4.28. The summed E-state index contributed by atoms with van der Waals surface area (Å²) in [6, 6.07) is 0.530. The molecule has 0 amide bonds. The van der Waals surface area contributed by atoms with Gasteiger partial charge in [-0.25, -0.2) is 0 Å². The Balaban J connectivity index is 1.83. The molecule has 1 heterocycles. The molecule has 3 heteroatoms. The van der Waals surface area contributed by atoms with Crippen molar-refractivity contribution < 1.29 is 0 Å². The number of halogens is 2. The van der Waals surface area contributed by atoms with Crippen LogP contribution in [-0.4, -0.2) is 17.5 Å². The largest absolute Gasteiger partial charge is 0.364 e. The van der Waals surface area contributed by atoms with Crippen molar-refractivity contribution >= 4 is 23.2 Å². The van der Waals surface area contributed by atoms with Crippen LogP contribution in [0.1, 0.15) is 39.0 Å². The maximum atomic E-state index is 6.14. The van der Waals surface area contributed by atoms with Crippen molar-refractivity contribution in [3.05, 3.63) is 45.6 Å². The summed E-state index contributed by atoms with van der Waals surface area (Å²) in [4.78, 5) is 2.55. The molecule has 0 aromatic rings. The van der Waals surface area contributed by atoms with E-state index < -0.39 is 0 Å². The molecular formula is C17H21Cl2N. The lowest BCUT2D eigenvalue weighted by molar-refractivity contribution is 0.190. The second-order valence-corrected chi connectivity index (χ2v) is 6.95. The molecule has 0 spiro atoms. The Hall–Kier alpha value is -0.660. The summed E-state index contributed by atoms with van der Waals surface area (Å²) >= 11 is 12.3. The fourth-order valence-electron chi connectivity index (χ4n) is 3.45. The Labute approximate surface area is 131 Å².